The molecule has 350 valence electrons. The Labute approximate surface area is 364 Å². The molecule has 7 aromatic carbocycles. The van der Waals surface area contributed by atoms with Crippen molar-refractivity contribution in [1.29, 1.82) is 0 Å². The molecule has 0 fully saturated rings. The van der Waals surface area contributed by atoms with Crippen molar-refractivity contribution in [3.8, 4) is 11.1 Å². The van der Waals surface area contributed by atoms with Crippen molar-refractivity contribution in [2.24, 2.45) is 0 Å². The maximum Gasteiger partial charge on any atom is 0.200 e. The normalized spacial score (nSPS) is 12.5. The Hall–Kier alpha value is -6.65. The van der Waals surface area contributed by atoms with Gasteiger partial charge in [0.25, 0.3) is 0 Å². The summed E-state index contributed by atoms with van der Waals surface area (Å²) < 4.78 is 307. The largest absolute Gasteiger partial charge is 0.207 e. The Morgan fingerprint density at radius 2 is 0.537 bits per heavy atom. The minimum absolute atomic E-state index is 0.575. The van der Waals surface area contributed by atoms with E-state index < -0.39 is 154 Å². The van der Waals surface area contributed by atoms with Crippen LogP contribution in [-0.4, -0.2) is 12.4 Å². The summed E-state index contributed by atoms with van der Waals surface area (Å²) in [5.74, 6) is -70.8. The lowest BCUT2D eigenvalue weighted by atomic mass is 9.12. The number of rotatable bonds is 8. The van der Waals surface area contributed by atoms with Gasteiger partial charge in [-0.05, 0) is 23.3 Å². The third-order valence-electron chi connectivity index (χ3n) is 10.5. The molecule has 0 aromatic heterocycles. The van der Waals surface area contributed by atoms with Crippen molar-refractivity contribution >= 4 is 37.9 Å². The van der Waals surface area contributed by atoms with Gasteiger partial charge in [0.05, 0.1) is 0 Å². The molecule has 0 saturated heterocycles. The second-order valence-corrected chi connectivity index (χ2v) is 17.1. The lowest BCUT2D eigenvalue weighted by Crippen LogP contribution is -2.81. The first kappa shape index (κ1) is 49.8. The molecule has 0 radical (unpaired) electrons. The zero-order chi connectivity index (χ0) is 49.8. The molecule has 67 heavy (non-hydrogen) atoms. The van der Waals surface area contributed by atoms with Crippen molar-refractivity contribution in [1.82, 2.24) is 0 Å². The van der Waals surface area contributed by atoms with E-state index >= 15 is 35.1 Å². The highest BCUT2D eigenvalue weighted by molar-refractivity contribution is 8.01. The molecule has 1 unspecified atom stereocenters. The average Bonchev–Trinajstić information content (AvgIpc) is 3.32. The van der Waals surface area contributed by atoms with Crippen LogP contribution in [0.15, 0.2) is 89.8 Å². The predicted molar refractivity (Wildman–Crippen MR) is 203 cm³/mol. The van der Waals surface area contributed by atoms with Gasteiger partial charge in [-0.3, -0.25) is 0 Å². The second kappa shape index (κ2) is 18.6. The summed E-state index contributed by atoms with van der Waals surface area (Å²) in [6, 6.07) is 28.4. The molecule has 0 aliphatic rings. The minimum Gasteiger partial charge on any atom is -0.207 e. The van der Waals surface area contributed by atoms with E-state index in [0.29, 0.717) is 5.75 Å². The first-order valence-electron chi connectivity index (χ1n) is 18.2. The summed E-state index contributed by atoms with van der Waals surface area (Å²) in [6.07, 6.45) is -5.38. The quantitative estimate of drug-likeness (QED) is 0.0488. The van der Waals surface area contributed by atoms with Gasteiger partial charge in [-0.2, -0.15) is 0 Å². The smallest absolute Gasteiger partial charge is 0.200 e. The van der Waals surface area contributed by atoms with E-state index in [9.17, 15) is 56.9 Å². The van der Waals surface area contributed by atoms with Crippen LogP contribution in [0.1, 0.15) is 5.56 Å². The molecule has 0 heterocycles. The molecule has 0 N–H and O–H groups in total. The molecular weight excluding hydrogens is 967 g/mol. The van der Waals surface area contributed by atoms with Crippen LogP contribution in [-0.2, 0) is 19.9 Å². The summed E-state index contributed by atoms with van der Waals surface area (Å²) in [4.78, 5) is 0.919. The molecule has 7 rings (SSSR count). The first-order chi connectivity index (χ1) is 31.4. The highest BCUT2D eigenvalue weighted by atomic mass is 32.2. The summed E-state index contributed by atoms with van der Waals surface area (Å²) in [5.41, 5.74) is -10.8. The summed E-state index contributed by atoms with van der Waals surface area (Å²) in [5, 5.41) is 0. The van der Waals surface area contributed by atoms with Gasteiger partial charge in [0.1, 0.15) is 74.6 Å². The number of halogens is 20. The van der Waals surface area contributed by atoms with Crippen molar-refractivity contribution < 1.29 is 92.0 Å². The highest BCUT2D eigenvalue weighted by Crippen LogP contribution is 2.31. The van der Waals surface area contributed by atoms with Crippen LogP contribution >= 0.6 is 0 Å². The van der Waals surface area contributed by atoms with Gasteiger partial charge in [-0.25, -0.2) is 87.8 Å². The average molecular weight is 986 g/mol. The molecule has 0 bridgehead atoms. The van der Waals surface area contributed by atoms with E-state index in [0.717, 1.165) is 10.5 Å². The Morgan fingerprint density at radius 1 is 0.313 bits per heavy atom. The zero-order valence-electron chi connectivity index (χ0n) is 32.7. The fourth-order valence-corrected chi connectivity index (χ4v) is 9.14. The molecule has 0 aliphatic carbocycles. The van der Waals surface area contributed by atoms with Gasteiger partial charge < -0.3 is 0 Å². The molecule has 1 atom stereocenters. The van der Waals surface area contributed by atoms with Crippen LogP contribution < -0.4 is 21.9 Å². The zero-order valence-corrected chi connectivity index (χ0v) is 33.6. The molecule has 23 heteroatoms. The Bertz CT molecular complexity index is 2750. The summed E-state index contributed by atoms with van der Waals surface area (Å²) >= 11 is 0. The van der Waals surface area contributed by atoms with Crippen molar-refractivity contribution in [3.05, 3.63) is 207 Å². The molecule has 0 spiro atoms. The Balaban J connectivity index is 0.000000279. The topological polar surface area (TPSA) is 17.1 Å². The molecule has 0 amide bonds. The second-order valence-electron chi connectivity index (χ2n) is 14.3. The monoisotopic (exact) mass is 986 g/mol. The van der Waals surface area contributed by atoms with E-state index in [4.69, 9.17) is 0 Å². The lowest BCUT2D eigenvalue weighted by Gasteiger charge is -2.44. The van der Waals surface area contributed by atoms with E-state index in [1.807, 2.05) is 54.8 Å². The summed E-state index contributed by atoms with van der Waals surface area (Å²) in [7, 11) is -2.04. The fraction of sp³-hybridized carbons (Fsp3) is 0.0455. The molecule has 0 aliphatic heterocycles. The standard InChI is InChI=1S/C24BF20.C20H19OS/c26-5-1(6(27)14(35)21(42)13(5)34)25(2-7(28)15(36)22(43)16(37)8(2)29,3-9(30)17(38)23(44)18(39)10(3)31)4-11(32)19(40)24(45)20(41)12(4)33;1-22(21,20-10-6-3-7-11-20)16-17-12-14-19(15-13-17)18-8-4-2-5-9-18/h;2-15H,16H2,1H3/q-1;+1. The van der Waals surface area contributed by atoms with Gasteiger partial charge in [-0.15, -0.1) is 21.9 Å². The molecule has 7 aromatic rings. The third-order valence-corrected chi connectivity index (χ3v) is 12.6. The van der Waals surface area contributed by atoms with Gasteiger partial charge >= 0.3 is 0 Å². The van der Waals surface area contributed by atoms with Crippen LogP contribution in [0.3, 0.4) is 0 Å². The molecule has 1 nitrogen and oxygen atoms in total. The Kier molecular flexibility index (Phi) is 13.8. The first-order valence-corrected chi connectivity index (χ1v) is 20.4. The fourth-order valence-electron chi connectivity index (χ4n) is 7.41. The number of hydrogen-bond acceptors (Lipinski definition) is 1. The van der Waals surface area contributed by atoms with Crippen LogP contribution in [0.2, 0.25) is 0 Å². The minimum atomic E-state index is -7.22. The van der Waals surface area contributed by atoms with Crippen molar-refractivity contribution in [2.45, 2.75) is 10.6 Å². The maximum atomic E-state index is 15.4. The van der Waals surface area contributed by atoms with E-state index in [1.165, 1.54) is 11.1 Å². The predicted octanol–water partition coefficient (Wildman–Crippen LogP) is 10.9. The van der Waals surface area contributed by atoms with Crippen LogP contribution in [0.4, 0.5) is 87.8 Å². The lowest BCUT2D eigenvalue weighted by molar-refractivity contribution is 0.378. The Morgan fingerprint density at radius 3 is 0.806 bits per heavy atom. The van der Waals surface area contributed by atoms with Gasteiger partial charge in [0, 0.05) is 5.56 Å². The van der Waals surface area contributed by atoms with E-state index in [2.05, 4.69) is 36.4 Å². The number of benzene rings is 7. The van der Waals surface area contributed by atoms with Gasteiger partial charge in [0.2, 0.25) is 0 Å². The SMILES string of the molecule is C[S+](=O)(Cc1ccc(-c2ccccc2)cc1)c1ccccc1.Fc1c(F)c(F)c([B-](c2c(F)c(F)c(F)c(F)c2F)(c2c(F)c(F)c(F)c(F)c2F)c2c(F)c(F)c(F)c(F)c2F)c(F)c1F. The van der Waals surface area contributed by atoms with Gasteiger partial charge in [0.15, 0.2) is 74.7 Å². The molecular formula is C44H19BF20OS. The van der Waals surface area contributed by atoms with Gasteiger partial charge in [-0.1, -0.05) is 77.0 Å². The van der Waals surface area contributed by atoms with Crippen LogP contribution in [0.5, 0.6) is 0 Å². The van der Waals surface area contributed by atoms with Crippen LogP contribution in [0.25, 0.3) is 11.1 Å². The van der Waals surface area contributed by atoms with E-state index in [-0.39, 0.29) is 0 Å². The van der Waals surface area contributed by atoms with E-state index in [1.54, 1.807) is 0 Å². The molecule has 0 saturated carbocycles. The third kappa shape index (κ3) is 8.20. The van der Waals surface area contributed by atoms with Crippen molar-refractivity contribution in [3.63, 3.8) is 0 Å². The van der Waals surface area contributed by atoms with Crippen LogP contribution in [0, 0.1) is 116 Å². The van der Waals surface area contributed by atoms with Crippen molar-refractivity contribution in [2.75, 3.05) is 6.26 Å². The highest BCUT2D eigenvalue weighted by Gasteiger charge is 2.52. The summed E-state index contributed by atoms with van der Waals surface area (Å²) in [6.45, 7) is 0. The maximum absolute atomic E-state index is 15.4. The number of hydrogen-bond donors (Lipinski definition) is 0.